The van der Waals surface area contributed by atoms with Crippen LogP contribution in [0.3, 0.4) is 0 Å². The first-order valence-electron chi connectivity index (χ1n) is 12.9. The number of aromatic nitrogens is 1. The van der Waals surface area contributed by atoms with Gasteiger partial charge in [0.25, 0.3) is 0 Å². The van der Waals surface area contributed by atoms with E-state index in [1.54, 1.807) is 25.4 Å². The Kier molecular flexibility index (Phi) is 9.58. The number of nitrogens with zero attached hydrogens (tertiary/aromatic N) is 2. The maximum absolute atomic E-state index is 14.0. The molecule has 1 saturated carbocycles. The summed E-state index contributed by atoms with van der Waals surface area (Å²) in [5, 5.41) is 11.6. The highest BCUT2D eigenvalue weighted by molar-refractivity contribution is 7.92. The van der Waals surface area contributed by atoms with Gasteiger partial charge < -0.3 is 14.7 Å². The Hall–Kier alpha value is -2.60. The maximum atomic E-state index is 14.0. The van der Waals surface area contributed by atoms with Crippen LogP contribution in [0.5, 0.6) is 5.75 Å². The summed E-state index contributed by atoms with van der Waals surface area (Å²) < 4.78 is 29.8. The molecule has 1 amide bonds. The Morgan fingerprint density at radius 2 is 1.90 bits per heavy atom. The number of aryl methyl sites for hydroxylation is 2. The van der Waals surface area contributed by atoms with E-state index < -0.39 is 26.8 Å². The van der Waals surface area contributed by atoms with Gasteiger partial charge in [-0.05, 0) is 68.2 Å². The number of hydrogen-bond donors (Lipinski definition) is 1. The van der Waals surface area contributed by atoms with Crippen molar-refractivity contribution in [2.75, 3.05) is 31.8 Å². The molecule has 1 fully saturated rings. The second-order valence-electron chi connectivity index (χ2n) is 9.82. The predicted molar refractivity (Wildman–Crippen MR) is 154 cm³/mol. The second-order valence-corrected chi connectivity index (χ2v) is 14.3. The Balaban J connectivity index is 1.52. The van der Waals surface area contributed by atoms with Gasteiger partial charge in [0.1, 0.15) is 22.2 Å². The van der Waals surface area contributed by atoms with Crippen molar-refractivity contribution in [2.24, 2.45) is 0 Å². The molecule has 8 nitrogen and oxygen atoms in total. The summed E-state index contributed by atoms with van der Waals surface area (Å²) in [5.74, 6) is -0.651. The fourth-order valence-electron chi connectivity index (χ4n) is 4.68. The zero-order chi connectivity index (χ0) is 28.0. The van der Waals surface area contributed by atoms with Gasteiger partial charge in [0.05, 0.1) is 24.8 Å². The van der Waals surface area contributed by atoms with Crippen LogP contribution in [-0.4, -0.2) is 66.9 Å². The number of Topliss-reactive ketones (excluding diaryl/α,β-unsaturated/α-hetero) is 1. The third-order valence-corrected chi connectivity index (χ3v) is 10.4. The smallest absolute Gasteiger partial charge is 0.233 e. The van der Waals surface area contributed by atoms with Crippen molar-refractivity contribution in [3.63, 3.8) is 0 Å². The van der Waals surface area contributed by atoms with Crippen LogP contribution in [0, 0.1) is 6.92 Å². The SMILES string of the molecule is COc1ccc(C2(C(=O)N(CCCc3cccs3)Cc3nc(C(=O)CS(=O)(=O)CCCO)c(C)s3)CC2)cc1. The van der Waals surface area contributed by atoms with E-state index in [4.69, 9.17) is 9.84 Å². The first kappa shape index (κ1) is 29.4. The Labute approximate surface area is 237 Å². The van der Waals surface area contributed by atoms with E-state index in [1.807, 2.05) is 40.6 Å². The minimum absolute atomic E-state index is 0.0474. The van der Waals surface area contributed by atoms with Gasteiger partial charge in [-0.1, -0.05) is 18.2 Å². The van der Waals surface area contributed by atoms with Crippen LogP contribution in [0.4, 0.5) is 0 Å². The second kappa shape index (κ2) is 12.7. The summed E-state index contributed by atoms with van der Waals surface area (Å²) in [6.07, 6.45) is 3.29. The number of methoxy groups -OCH3 is 1. The minimum atomic E-state index is -3.63. The molecule has 0 saturated heterocycles. The van der Waals surface area contributed by atoms with E-state index in [0.717, 1.165) is 37.0 Å². The lowest BCUT2D eigenvalue weighted by molar-refractivity contribution is -0.134. The summed E-state index contributed by atoms with van der Waals surface area (Å²) in [7, 11) is -2.02. The number of aliphatic hydroxyl groups excluding tert-OH is 1. The molecule has 0 atom stereocenters. The summed E-state index contributed by atoms with van der Waals surface area (Å²) >= 11 is 3.02. The fraction of sp³-hybridized carbons (Fsp3) is 0.464. The number of hydrogen-bond acceptors (Lipinski definition) is 9. The van der Waals surface area contributed by atoms with Crippen LogP contribution in [0.25, 0.3) is 0 Å². The molecule has 1 N–H and O–H groups in total. The van der Waals surface area contributed by atoms with Gasteiger partial charge in [-0.25, -0.2) is 13.4 Å². The summed E-state index contributed by atoms with van der Waals surface area (Å²) in [6, 6.07) is 11.8. The van der Waals surface area contributed by atoms with Crippen LogP contribution < -0.4 is 4.74 Å². The molecule has 1 aliphatic rings. The molecule has 1 aliphatic carbocycles. The lowest BCUT2D eigenvalue weighted by Crippen LogP contribution is -2.39. The molecule has 0 unspecified atom stereocenters. The average molecular weight is 591 g/mol. The van der Waals surface area contributed by atoms with Crippen LogP contribution in [0.2, 0.25) is 0 Å². The van der Waals surface area contributed by atoms with Gasteiger partial charge in [0.15, 0.2) is 15.6 Å². The van der Waals surface area contributed by atoms with Crippen molar-refractivity contribution < 1.29 is 27.9 Å². The number of carbonyl (C=O) groups excluding carboxylic acids is 2. The van der Waals surface area contributed by atoms with Crippen molar-refractivity contribution >= 4 is 44.2 Å². The molecule has 3 aromatic rings. The monoisotopic (exact) mass is 590 g/mol. The van der Waals surface area contributed by atoms with Crippen LogP contribution in [-0.2, 0) is 33.0 Å². The molecule has 39 heavy (non-hydrogen) atoms. The number of ketones is 1. The number of aliphatic hydroxyl groups is 1. The highest BCUT2D eigenvalue weighted by Crippen LogP contribution is 2.50. The Morgan fingerprint density at radius 3 is 2.51 bits per heavy atom. The molecular weight excluding hydrogens is 557 g/mol. The first-order chi connectivity index (χ1) is 18.7. The van der Waals surface area contributed by atoms with Crippen molar-refractivity contribution in [3.05, 3.63) is 67.8 Å². The molecule has 0 radical (unpaired) electrons. The molecular formula is C28H34N2O6S3. The molecule has 1 aromatic carbocycles. The van der Waals surface area contributed by atoms with Crippen molar-refractivity contribution in [1.82, 2.24) is 9.88 Å². The summed E-state index contributed by atoms with van der Waals surface area (Å²) in [5.41, 5.74) is 0.543. The number of benzene rings is 1. The predicted octanol–water partition coefficient (Wildman–Crippen LogP) is 4.19. The summed E-state index contributed by atoms with van der Waals surface area (Å²) in [4.78, 5) is 35.0. The normalized spacial score (nSPS) is 14.2. The molecule has 2 heterocycles. The molecule has 0 bridgehead atoms. The van der Waals surface area contributed by atoms with Crippen LogP contribution in [0.15, 0.2) is 41.8 Å². The van der Waals surface area contributed by atoms with Crippen molar-refractivity contribution in [3.8, 4) is 5.75 Å². The molecule has 2 aromatic heterocycles. The quantitative estimate of drug-likeness (QED) is 0.264. The van der Waals surface area contributed by atoms with Gasteiger partial charge in [-0.3, -0.25) is 9.59 Å². The number of ether oxygens (including phenoxy) is 1. The fourth-order valence-corrected chi connectivity index (χ4v) is 7.65. The maximum Gasteiger partial charge on any atom is 0.233 e. The third-order valence-electron chi connectivity index (χ3n) is 6.92. The van der Waals surface area contributed by atoms with Crippen molar-refractivity contribution in [2.45, 2.75) is 51.0 Å². The molecule has 210 valence electrons. The molecule has 4 rings (SSSR count). The number of thiophene rings is 1. The van der Waals surface area contributed by atoms with Crippen LogP contribution >= 0.6 is 22.7 Å². The number of amides is 1. The number of thiazole rings is 1. The number of carbonyl (C=O) groups is 2. The van der Waals surface area contributed by atoms with Gasteiger partial charge in [0, 0.05) is 22.9 Å². The zero-order valence-electron chi connectivity index (χ0n) is 22.2. The molecule has 0 spiro atoms. The summed E-state index contributed by atoms with van der Waals surface area (Å²) in [6.45, 7) is 2.31. The molecule has 0 aliphatic heterocycles. The lowest BCUT2D eigenvalue weighted by Gasteiger charge is -2.27. The van der Waals surface area contributed by atoms with E-state index in [0.29, 0.717) is 16.4 Å². The lowest BCUT2D eigenvalue weighted by atomic mass is 9.94. The van der Waals surface area contributed by atoms with Crippen molar-refractivity contribution in [1.29, 1.82) is 0 Å². The first-order valence-corrected chi connectivity index (χ1v) is 16.5. The highest BCUT2D eigenvalue weighted by atomic mass is 32.2. The number of rotatable bonds is 15. The van der Waals surface area contributed by atoms with E-state index in [1.165, 1.54) is 16.2 Å². The Bertz CT molecular complexity index is 1380. The Morgan fingerprint density at radius 1 is 1.15 bits per heavy atom. The third kappa shape index (κ3) is 7.33. The van der Waals surface area contributed by atoms with E-state index >= 15 is 0 Å². The van der Waals surface area contributed by atoms with E-state index in [9.17, 15) is 18.0 Å². The largest absolute Gasteiger partial charge is 0.497 e. The van der Waals surface area contributed by atoms with Crippen LogP contribution in [0.1, 0.15) is 56.5 Å². The van der Waals surface area contributed by atoms with E-state index in [-0.39, 0.29) is 36.9 Å². The van der Waals surface area contributed by atoms with Gasteiger partial charge in [-0.2, -0.15) is 0 Å². The average Bonchev–Trinajstić information content (AvgIpc) is 3.39. The van der Waals surface area contributed by atoms with Gasteiger partial charge in [-0.15, -0.1) is 22.7 Å². The number of sulfone groups is 1. The van der Waals surface area contributed by atoms with E-state index in [2.05, 4.69) is 11.1 Å². The zero-order valence-corrected chi connectivity index (χ0v) is 24.7. The van der Waals surface area contributed by atoms with Gasteiger partial charge in [0.2, 0.25) is 5.91 Å². The molecule has 11 heteroatoms. The highest BCUT2D eigenvalue weighted by Gasteiger charge is 2.53. The minimum Gasteiger partial charge on any atom is -0.497 e. The standard InChI is InChI=1S/C28H34N2O6S3/c1-20-26(24(32)19-39(34,35)17-5-15-31)29-25(38-20)18-30(14-3-6-23-7-4-16-37-23)27(33)28(12-13-28)21-8-10-22(36-2)11-9-21/h4,7-11,16,31H,3,5-6,12-15,17-19H2,1-2H3. The topological polar surface area (TPSA) is 114 Å². The van der Waals surface area contributed by atoms with Gasteiger partial charge >= 0.3 is 0 Å².